The molecule has 0 aliphatic carbocycles. The van der Waals surface area contributed by atoms with Crippen LogP contribution in [-0.4, -0.2) is 47.1 Å². The van der Waals surface area contributed by atoms with Crippen molar-refractivity contribution < 1.29 is 22.7 Å². The van der Waals surface area contributed by atoms with Gasteiger partial charge in [-0.05, 0) is 43.1 Å². The van der Waals surface area contributed by atoms with Gasteiger partial charge in [-0.3, -0.25) is 9.48 Å². The van der Waals surface area contributed by atoms with E-state index in [1.54, 1.807) is 30.1 Å². The Morgan fingerprint density at radius 3 is 2.86 bits per heavy atom. The molecule has 3 rings (SSSR count). The van der Waals surface area contributed by atoms with Gasteiger partial charge in [-0.15, -0.1) is 25.6 Å². The van der Waals surface area contributed by atoms with Gasteiger partial charge in [0.2, 0.25) is 0 Å². The fourth-order valence-corrected chi connectivity index (χ4v) is 3.10. The first-order valence-corrected chi connectivity index (χ1v) is 8.68. The Kier molecular flexibility index (Phi) is 7.31. The minimum atomic E-state index is -4.75. The second kappa shape index (κ2) is 9.29. The van der Waals surface area contributed by atoms with Gasteiger partial charge in [-0.25, -0.2) is 0 Å². The third-order valence-electron chi connectivity index (χ3n) is 4.37. The van der Waals surface area contributed by atoms with E-state index >= 15 is 0 Å². The normalized spacial score (nSPS) is 16.9. The summed E-state index contributed by atoms with van der Waals surface area (Å²) in [6, 6.07) is 7.47. The highest BCUT2D eigenvalue weighted by atomic mass is 35.5. The van der Waals surface area contributed by atoms with Crippen LogP contribution in [0.25, 0.3) is 0 Å². The Bertz CT molecular complexity index is 791. The Morgan fingerprint density at radius 1 is 1.39 bits per heavy atom. The first-order valence-electron chi connectivity index (χ1n) is 8.68. The third kappa shape index (κ3) is 5.87. The predicted molar refractivity (Wildman–Crippen MR) is 99.5 cm³/mol. The third-order valence-corrected chi connectivity index (χ3v) is 4.37. The van der Waals surface area contributed by atoms with Crippen LogP contribution in [0.15, 0.2) is 36.5 Å². The van der Waals surface area contributed by atoms with Crippen LogP contribution in [0.1, 0.15) is 34.9 Å². The van der Waals surface area contributed by atoms with E-state index in [0.717, 1.165) is 25.9 Å². The number of nitrogens with one attached hydrogen (secondary N) is 1. The van der Waals surface area contributed by atoms with Crippen LogP contribution >= 0.6 is 12.4 Å². The molecule has 6 nitrogen and oxygen atoms in total. The topological polar surface area (TPSA) is 59.4 Å². The zero-order valence-corrected chi connectivity index (χ0v) is 16.1. The SMILES string of the molecule is CN(Cc1cccc(OC(F)(F)F)c1)C(=O)c1ccn(C2CCCNC2)n1.Cl. The molecule has 154 valence electrons. The summed E-state index contributed by atoms with van der Waals surface area (Å²) in [4.78, 5) is 14.0. The van der Waals surface area contributed by atoms with E-state index in [-0.39, 0.29) is 36.7 Å². The molecule has 1 aromatic carbocycles. The van der Waals surface area contributed by atoms with Gasteiger partial charge in [0.05, 0.1) is 6.04 Å². The number of hydrogen-bond acceptors (Lipinski definition) is 4. The molecule has 2 aromatic rings. The Morgan fingerprint density at radius 2 is 2.18 bits per heavy atom. The van der Waals surface area contributed by atoms with Crippen LogP contribution in [0, 0.1) is 0 Å². The van der Waals surface area contributed by atoms with Crippen LogP contribution in [0.2, 0.25) is 0 Å². The summed E-state index contributed by atoms with van der Waals surface area (Å²) in [5.74, 6) is -0.602. The molecule has 0 spiro atoms. The lowest BCUT2D eigenvalue weighted by Gasteiger charge is -2.23. The van der Waals surface area contributed by atoms with E-state index in [1.165, 1.54) is 23.1 Å². The number of piperidine rings is 1. The van der Waals surface area contributed by atoms with Crippen LogP contribution < -0.4 is 10.1 Å². The molecule has 0 bridgehead atoms. The smallest absolute Gasteiger partial charge is 0.406 e. The van der Waals surface area contributed by atoms with Crippen molar-refractivity contribution >= 4 is 18.3 Å². The van der Waals surface area contributed by atoms with Gasteiger partial charge < -0.3 is 15.0 Å². The number of aromatic nitrogens is 2. The number of nitrogens with zero attached hydrogens (tertiary/aromatic N) is 3. The number of carbonyl (C=O) groups excluding carboxylic acids is 1. The molecule has 2 heterocycles. The van der Waals surface area contributed by atoms with E-state index in [1.807, 2.05) is 0 Å². The molecule has 1 amide bonds. The summed E-state index contributed by atoms with van der Waals surface area (Å²) in [6.45, 7) is 1.95. The molecular formula is C18H22ClF3N4O2. The van der Waals surface area contributed by atoms with Crippen LogP contribution in [0.4, 0.5) is 13.2 Å². The minimum absolute atomic E-state index is 0. The van der Waals surface area contributed by atoms with Crippen molar-refractivity contribution in [3.63, 3.8) is 0 Å². The van der Waals surface area contributed by atoms with Crippen LogP contribution in [0.5, 0.6) is 5.75 Å². The van der Waals surface area contributed by atoms with Gasteiger partial charge in [0.1, 0.15) is 11.4 Å². The zero-order chi connectivity index (χ0) is 19.4. The number of ether oxygens (including phenoxy) is 1. The second-order valence-corrected chi connectivity index (χ2v) is 6.54. The number of hydrogen-bond donors (Lipinski definition) is 1. The maximum atomic E-state index is 12.6. The molecule has 1 aliphatic heterocycles. The van der Waals surface area contributed by atoms with E-state index < -0.39 is 6.36 Å². The molecule has 28 heavy (non-hydrogen) atoms. The molecule has 1 aliphatic rings. The van der Waals surface area contributed by atoms with Crippen molar-refractivity contribution in [2.24, 2.45) is 0 Å². The highest BCUT2D eigenvalue weighted by molar-refractivity contribution is 5.92. The average molecular weight is 419 g/mol. The standard InChI is InChI=1S/C18H21F3N4O2.ClH/c1-24(12-13-4-2-6-15(10-13)27-18(19,20)21)17(26)16-7-9-25(23-16)14-5-3-8-22-11-14;/h2,4,6-7,9-10,14,22H,3,5,8,11-12H2,1H3;1H. The Hall–Kier alpha value is -2.26. The zero-order valence-electron chi connectivity index (χ0n) is 15.3. The Labute approximate surface area is 167 Å². The fourth-order valence-electron chi connectivity index (χ4n) is 3.10. The first kappa shape index (κ1) is 22.0. The molecule has 1 unspecified atom stereocenters. The largest absolute Gasteiger partial charge is 0.573 e. The lowest BCUT2D eigenvalue weighted by atomic mass is 10.1. The van der Waals surface area contributed by atoms with Gasteiger partial charge in [-0.1, -0.05) is 12.1 Å². The van der Waals surface area contributed by atoms with E-state index in [0.29, 0.717) is 11.3 Å². The quantitative estimate of drug-likeness (QED) is 0.808. The van der Waals surface area contributed by atoms with Gasteiger partial charge >= 0.3 is 6.36 Å². The van der Waals surface area contributed by atoms with Crippen LogP contribution in [0.3, 0.4) is 0 Å². The molecule has 0 saturated carbocycles. The van der Waals surface area contributed by atoms with E-state index in [9.17, 15) is 18.0 Å². The maximum absolute atomic E-state index is 12.6. The molecule has 1 aromatic heterocycles. The molecule has 1 atom stereocenters. The highest BCUT2D eigenvalue weighted by Gasteiger charge is 2.31. The van der Waals surface area contributed by atoms with E-state index in [2.05, 4.69) is 15.2 Å². The molecule has 1 N–H and O–H groups in total. The second-order valence-electron chi connectivity index (χ2n) is 6.54. The number of benzene rings is 1. The average Bonchev–Trinajstić information content (AvgIpc) is 3.10. The molecule has 1 saturated heterocycles. The molecule has 0 radical (unpaired) electrons. The summed E-state index contributed by atoms with van der Waals surface area (Å²) < 4.78 is 42.7. The minimum Gasteiger partial charge on any atom is -0.406 e. The monoisotopic (exact) mass is 418 g/mol. The van der Waals surface area contributed by atoms with Gasteiger partial charge in [-0.2, -0.15) is 5.10 Å². The van der Waals surface area contributed by atoms with Gasteiger partial charge in [0.25, 0.3) is 5.91 Å². The van der Waals surface area contributed by atoms with E-state index in [4.69, 9.17) is 0 Å². The number of alkyl halides is 3. The lowest BCUT2D eigenvalue weighted by molar-refractivity contribution is -0.274. The Balaban J connectivity index is 0.00000280. The summed E-state index contributed by atoms with van der Waals surface area (Å²) in [7, 11) is 1.58. The highest BCUT2D eigenvalue weighted by Crippen LogP contribution is 2.24. The van der Waals surface area contributed by atoms with Gasteiger partial charge in [0.15, 0.2) is 0 Å². The van der Waals surface area contributed by atoms with Crippen molar-refractivity contribution in [1.29, 1.82) is 0 Å². The molecule has 1 fully saturated rings. The molecule has 10 heteroatoms. The fraction of sp³-hybridized carbons (Fsp3) is 0.444. The van der Waals surface area contributed by atoms with Crippen molar-refractivity contribution in [1.82, 2.24) is 20.0 Å². The van der Waals surface area contributed by atoms with Crippen molar-refractivity contribution in [2.75, 3.05) is 20.1 Å². The summed E-state index contributed by atoms with van der Waals surface area (Å²) in [5.41, 5.74) is 0.842. The molecular weight excluding hydrogens is 397 g/mol. The number of halogens is 4. The summed E-state index contributed by atoms with van der Waals surface area (Å²) in [6.07, 6.45) is -0.897. The van der Waals surface area contributed by atoms with Crippen molar-refractivity contribution in [3.8, 4) is 5.75 Å². The van der Waals surface area contributed by atoms with Crippen molar-refractivity contribution in [2.45, 2.75) is 31.8 Å². The van der Waals surface area contributed by atoms with Crippen molar-refractivity contribution in [3.05, 3.63) is 47.8 Å². The lowest BCUT2D eigenvalue weighted by Crippen LogP contribution is -2.32. The predicted octanol–water partition coefficient (Wildman–Crippen LogP) is 3.40. The maximum Gasteiger partial charge on any atom is 0.573 e. The summed E-state index contributed by atoms with van der Waals surface area (Å²) >= 11 is 0. The summed E-state index contributed by atoms with van der Waals surface area (Å²) in [5, 5.41) is 7.68. The first-order chi connectivity index (χ1) is 12.8. The number of rotatable bonds is 5. The number of amides is 1. The number of carbonyl (C=O) groups is 1. The van der Waals surface area contributed by atoms with Gasteiger partial charge in [0, 0.05) is 26.3 Å². The van der Waals surface area contributed by atoms with Crippen LogP contribution in [-0.2, 0) is 6.54 Å².